The summed E-state index contributed by atoms with van der Waals surface area (Å²) >= 11 is 0. The molecule has 0 aliphatic carbocycles. The van der Waals surface area contributed by atoms with Crippen LogP contribution in [0.3, 0.4) is 0 Å². The number of hydrogen-bond acceptors (Lipinski definition) is 4. The highest BCUT2D eigenvalue weighted by Gasteiger charge is 2.46. The molecule has 0 radical (unpaired) electrons. The number of piperidine rings is 1. The monoisotopic (exact) mass is 301 g/mol. The van der Waals surface area contributed by atoms with Crippen LogP contribution in [0.1, 0.15) is 30.9 Å². The third-order valence-corrected chi connectivity index (χ3v) is 5.26. The van der Waals surface area contributed by atoms with Gasteiger partial charge in [0.25, 0.3) is 0 Å². The Hall–Kier alpha value is -2.15. The molecule has 1 unspecified atom stereocenters. The van der Waals surface area contributed by atoms with Crippen LogP contribution in [0.15, 0.2) is 24.7 Å². The lowest BCUT2D eigenvalue weighted by molar-refractivity contribution is 0.0810. The summed E-state index contributed by atoms with van der Waals surface area (Å²) in [5, 5.41) is 20.7. The lowest BCUT2D eigenvalue weighted by Gasteiger charge is -2.42. The van der Waals surface area contributed by atoms with Crippen LogP contribution < -0.4 is 5.32 Å². The van der Waals surface area contributed by atoms with E-state index in [1.54, 1.807) is 6.33 Å². The second kappa shape index (κ2) is 4.95. The van der Waals surface area contributed by atoms with Crippen molar-refractivity contribution in [2.75, 3.05) is 19.6 Å². The maximum absolute atomic E-state index is 11.1. The van der Waals surface area contributed by atoms with E-state index in [0.717, 1.165) is 31.5 Å². The molecule has 1 atom stereocenters. The first-order valence-corrected chi connectivity index (χ1v) is 7.69. The summed E-state index contributed by atoms with van der Waals surface area (Å²) in [5.41, 5.74) is 2.23. The fourth-order valence-electron chi connectivity index (χ4n) is 4.00. The first-order chi connectivity index (χ1) is 10.7. The van der Waals surface area contributed by atoms with Gasteiger partial charge < -0.3 is 15.3 Å². The van der Waals surface area contributed by atoms with Crippen molar-refractivity contribution in [2.45, 2.75) is 25.3 Å². The van der Waals surface area contributed by atoms with E-state index in [2.05, 4.69) is 27.8 Å². The van der Waals surface area contributed by atoms with E-state index in [0.29, 0.717) is 13.1 Å². The number of carboxylic acid groups (broad SMARTS) is 1. The number of pyridine rings is 1. The van der Waals surface area contributed by atoms with Gasteiger partial charge in [-0.1, -0.05) is 6.07 Å². The molecule has 7 nitrogen and oxygen atoms in total. The average Bonchev–Trinajstić information content (AvgIpc) is 3.14. The average molecular weight is 301 g/mol. The van der Waals surface area contributed by atoms with E-state index in [1.165, 1.54) is 10.5 Å². The number of amides is 1. The normalized spacial score (nSPS) is 24.2. The largest absolute Gasteiger partial charge is 0.465 e. The fourth-order valence-corrected chi connectivity index (χ4v) is 4.00. The van der Waals surface area contributed by atoms with E-state index in [9.17, 15) is 4.79 Å². The van der Waals surface area contributed by atoms with Gasteiger partial charge in [-0.2, -0.15) is 0 Å². The summed E-state index contributed by atoms with van der Waals surface area (Å²) in [7, 11) is 0. The predicted octanol–water partition coefficient (Wildman–Crippen LogP) is 1.52. The molecule has 1 amide bonds. The highest BCUT2D eigenvalue weighted by molar-refractivity contribution is 5.65. The lowest BCUT2D eigenvalue weighted by Crippen LogP contribution is -2.44. The number of nitrogens with one attached hydrogen (secondary N) is 1. The zero-order chi connectivity index (χ0) is 15.2. The summed E-state index contributed by atoms with van der Waals surface area (Å²) in [6.07, 6.45) is 5.93. The van der Waals surface area contributed by atoms with Crippen molar-refractivity contribution in [2.24, 2.45) is 5.41 Å². The number of rotatable bonds is 1. The van der Waals surface area contributed by atoms with Gasteiger partial charge in [-0.15, -0.1) is 10.2 Å². The molecule has 7 heteroatoms. The van der Waals surface area contributed by atoms with Crippen LogP contribution in [0.25, 0.3) is 5.65 Å². The minimum atomic E-state index is -0.803. The second-order valence-corrected chi connectivity index (χ2v) is 6.33. The van der Waals surface area contributed by atoms with Gasteiger partial charge in [0.1, 0.15) is 6.33 Å². The SMILES string of the molecule is O=C(O)N1CCC2(CCNC2c2ccc3nncn3c2)CC1. The van der Waals surface area contributed by atoms with E-state index >= 15 is 0 Å². The third kappa shape index (κ3) is 2.04. The molecule has 2 aliphatic rings. The number of nitrogens with zero attached hydrogens (tertiary/aromatic N) is 4. The Labute approximate surface area is 127 Å². The molecule has 0 saturated carbocycles. The maximum atomic E-state index is 11.1. The Kier molecular flexibility index (Phi) is 3.04. The molecule has 4 rings (SSSR count). The minimum absolute atomic E-state index is 0.160. The van der Waals surface area contributed by atoms with Crippen molar-refractivity contribution in [1.82, 2.24) is 24.8 Å². The zero-order valence-electron chi connectivity index (χ0n) is 12.3. The van der Waals surface area contributed by atoms with Crippen molar-refractivity contribution in [3.8, 4) is 0 Å². The van der Waals surface area contributed by atoms with Gasteiger partial charge in [-0.3, -0.25) is 4.40 Å². The molecule has 0 bridgehead atoms. The molecule has 2 aromatic rings. The molecule has 22 heavy (non-hydrogen) atoms. The smallest absolute Gasteiger partial charge is 0.407 e. The van der Waals surface area contributed by atoms with Crippen LogP contribution in [0.5, 0.6) is 0 Å². The van der Waals surface area contributed by atoms with Gasteiger partial charge in [-0.05, 0) is 42.9 Å². The quantitative estimate of drug-likeness (QED) is 0.834. The summed E-state index contributed by atoms with van der Waals surface area (Å²) in [4.78, 5) is 12.7. The molecular weight excluding hydrogens is 282 g/mol. The Morgan fingerprint density at radius 3 is 2.91 bits per heavy atom. The topological polar surface area (TPSA) is 82.8 Å². The standard InChI is InChI=1S/C15H19N5O2/c21-14(22)19-7-4-15(5-8-19)3-6-16-13(15)11-1-2-12-18-17-10-20(12)9-11/h1-2,9-10,13,16H,3-8H2,(H,21,22). The summed E-state index contributed by atoms with van der Waals surface area (Å²) < 4.78 is 1.94. The van der Waals surface area contributed by atoms with Gasteiger partial charge in [0.15, 0.2) is 5.65 Å². The van der Waals surface area contributed by atoms with Crippen molar-refractivity contribution in [3.05, 3.63) is 30.2 Å². The van der Waals surface area contributed by atoms with Crippen molar-refractivity contribution in [1.29, 1.82) is 0 Å². The minimum Gasteiger partial charge on any atom is -0.465 e. The van der Waals surface area contributed by atoms with E-state index < -0.39 is 6.09 Å². The van der Waals surface area contributed by atoms with E-state index in [-0.39, 0.29) is 11.5 Å². The molecule has 0 aromatic carbocycles. The summed E-state index contributed by atoms with van der Waals surface area (Å²) in [6, 6.07) is 4.37. The van der Waals surface area contributed by atoms with Crippen LogP contribution >= 0.6 is 0 Å². The molecule has 4 heterocycles. The van der Waals surface area contributed by atoms with Crippen LogP contribution in [-0.4, -0.2) is 50.3 Å². The zero-order valence-corrected chi connectivity index (χ0v) is 12.3. The van der Waals surface area contributed by atoms with E-state index in [1.807, 2.05) is 10.5 Å². The highest BCUT2D eigenvalue weighted by Crippen LogP contribution is 2.48. The molecule has 2 aromatic heterocycles. The van der Waals surface area contributed by atoms with Crippen LogP contribution in [0, 0.1) is 5.41 Å². The van der Waals surface area contributed by atoms with Gasteiger partial charge in [0.05, 0.1) is 0 Å². The van der Waals surface area contributed by atoms with Gasteiger partial charge >= 0.3 is 6.09 Å². The molecule has 116 valence electrons. The number of carbonyl (C=O) groups is 1. The van der Waals surface area contributed by atoms with Crippen molar-refractivity contribution >= 4 is 11.7 Å². The Bertz CT molecular complexity index is 705. The molecular formula is C15H19N5O2. The molecule has 1 spiro atoms. The molecule has 2 fully saturated rings. The summed E-state index contributed by atoms with van der Waals surface area (Å²) in [6.45, 7) is 2.24. The van der Waals surface area contributed by atoms with Crippen molar-refractivity contribution in [3.63, 3.8) is 0 Å². The highest BCUT2D eigenvalue weighted by atomic mass is 16.4. The molecule has 2 N–H and O–H groups in total. The summed E-state index contributed by atoms with van der Waals surface area (Å²) in [5.74, 6) is 0. The number of fused-ring (bicyclic) bond motifs is 1. The number of aromatic nitrogens is 3. The van der Waals surface area contributed by atoms with Crippen molar-refractivity contribution < 1.29 is 9.90 Å². The molecule has 2 saturated heterocycles. The fraction of sp³-hybridized carbons (Fsp3) is 0.533. The second-order valence-electron chi connectivity index (χ2n) is 6.33. The van der Waals surface area contributed by atoms with Gasteiger partial charge in [0, 0.05) is 25.3 Å². The Morgan fingerprint density at radius 1 is 1.32 bits per heavy atom. The Balaban J connectivity index is 1.62. The molecule has 2 aliphatic heterocycles. The Morgan fingerprint density at radius 2 is 2.14 bits per heavy atom. The third-order valence-electron chi connectivity index (χ3n) is 5.26. The van der Waals surface area contributed by atoms with E-state index in [4.69, 9.17) is 5.11 Å². The first kappa shape index (κ1) is 13.5. The van der Waals surface area contributed by atoms with Crippen LogP contribution in [-0.2, 0) is 0 Å². The maximum Gasteiger partial charge on any atom is 0.407 e. The van der Waals surface area contributed by atoms with Crippen LogP contribution in [0.4, 0.5) is 4.79 Å². The van der Waals surface area contributed by atoms with Gasteiger partial charge in [-0.25, -0.2) is 4.79 Å². The number of likely N-dealkylation sites (tertiary alicyclic amines) is 1. The van der Waals surface area contributed by atoms with Gasteiger partial charge in [0.2, 0.25) is 0 Å². The lowest BCUT2D eigenvalue weighted by atomic mass is 9.71. The van der Waals surface area contributed by atoms with Crippen LogP contribution in [0.2, 0.25) is 0 Å². The predicted molar refractivity (Wildman–Crippen MR) is 79.6 cm³/mol. The first-order valence-electron chi connectivity index (χ1n) is 7.69. The number of hydrogen-bond donors (Lipinski definition) is 2.